The number of carbonyl (C=O) groups excluding carboxylic acids is 2. The zero-order valence-corrected chi connectivity index (χ0v) is 25.5. The summed E-state index contributed by atoms with van der Waals surface area (Å²) in [6, 6.07) is 0. The molecule has 0 spiro atoms. The Kier molecular flexibility index (Phi) is 10.8. The van der Waals surface area contributed by atoms with Crippen LogP contribution in [0.2, 0.25) is 0 Å². The lowest BCUT2D eigenvalue weighted by molar-refractivity contribution is -0.163. The van der Waals surface area contributed by atoms with Gasteiger partial charge in [0.25, 0.3) is 0 Å². The third kappa shape index (κ3) is 6.71. The van der Waals surface area contributed by atoms with Crippen LogP contribution < -0.4 is 0 Å². The molecule has 4 aliphatic carbocycles. The standard InChI is InChI=1S/C35H60O3/c1-5-6-7-8-9-10-11-12-13-14-15-16-33(37)38-28-21-23-34(3)27(25-28)17-18-29-31-20-19-30(26(2)36)35(31,4)24-22-32(29)34/h27-32H,5-25H2,1-4H3/t27-,28+,29?,30+,31?,32?,34-,35+/m0/s1. The highest BCUT2D eigenvalue weighted by molar-refractivity contribution is 5.79. The molecule has 0 radical (unpaired) electrons. The monoisotopic (exact) mass is 528 g/mol. The van der Waals surface area contributed by atoms with Crippen molar-refractivity contribution in [3.63, 3.8) is 0 Å². The number of hydrogen-bond donors (Lipinski definition) is 0. The Balaban J connectivity index is 1.15. The molecule has 0 heterocycles. The minimum Gasteiger partial charge on any atom is -0.462 e. The Morgan fingerprint density at radius 1 is 0.711 bits per heavy atom. The van der Waals surface area contributed by atoms with E-state index in [1.807, 2.05) is 6.92 Å². The van der Waals surface area contributed by atoms with Gasteiger partial charge in [-0.3, -0.25) is 9.59 Å². The summed E-state index contributed by atoms with van der Waals surface area (Å²) in [6.45, 7) is 9.15. The van der Waals surface area contributed by atoms with Crippen molar-refractivity contribution in [2.75, 3.05) is 0 Å². The van der Waals surface area contributed by atoms with Crippen molar-refractivity contribution in [3.05, 3.63) is 0 Å². The molecule has 0 bridgehead atoms. The van der Waals surface area contributed by atoms with Gasteiger partial charge in [0.15, 0.2) is 0 Å². The van der Waals surface area contributed by atoms with E-state index in [9.17, 15) is 9.59 Å². The maximum Gasteiger partial charge on any atom is 0.306 e. The first-order valence-corrected chi connectivity index (χ1v) is 17.0. The smallest absolute Gasteiger partial charge is 0.306 e. The van der Waals surface area contributed by atoms with Gasteiger partial charge in [0.1, 0.15) is 11.9 Å². The molecule has 8 atom stereocenters. The number of ketones is 1. The van der Waals surface area contributed by atoms with Gasteiger partial charge in [0, 0.05) is 12.3 Å². The molecule has 4 aliphatic rings. The van der Waals surface area contributed by atoms with E-state index in [2.05, 4.69) is 20.8 Å². The summed E-state index contributed by atoms with van der Waals surface area (Å²) >= 11 is 0. The van der Waals surface area contributed by atoms with Crippen molar-refractivity contribution in [1.82, 2.24) is 0 Å². The normalized spacial score (nSPS) is 38.2. The molecule has 218 valence electrons. The van der Waals surface area contributed by atoms with Gasteiger partial charge in [-0.15, -0.1) is 0 Å². The topological polar surface area (TPSA) is 43.4 Å². The van der Waals surface area contributed by atoms with Gasteiger partial charge in [-0.25, -0.2) is 0 Å². The van der Waals surface area contributed by atoms with E-state index in [0.29, 0.717) is 29.5 Å². The van der Waals surface area contributed by atoms with E-state index in [1.165, 1.54) is 103 Å². The maximum atomic E-state index is 12.6. The second-order valence-corrected chi connectivity index (χ2v) is 14.6. The zero-order valence-electron chi connectivity index (χ0n) is 25.5. The van der Waals surface area contributed by atoms with Gasteiger partial charge < -0.3 is 4.74 Å². The van der Waals surface area contributed by atoms with Crippen LogP contribution in [-0.4, -0.2) is 17.9 Å². The molecule has 3 nitrogen and oxygen atoms in total. The fourth-order valence-corrected chi connectivity index (χ4v) is 10.2. The van der Waals surface area contributed by atoms with Crippen molar-refractivity contribution in [2.45, 2.75) is 169 Å². The van der Waals surface area contributed by atoms with E-state index in [4.69, 9.17) is 4.74 Å². The number of Topliss-reactive ketones (excluding diaryl/α,β-unsaturated/α-hetero) is 1. The molecular weight excluding hydrogens is 468 g/mol. The molecule has 0 saturated heterocycles. The molecule has 0 aromatic carbocycles. The molecular formula is C35H60O3. The second-order valence-electron chi connectivity index (χ2n) is 14.6. The summed E-state index contributed by atoms with van der Waals surface area (Å²) in [7, 11) is 0. The zero-order chi connectivity index (χ0) is 27.2. The van der Waals surface area contributed by atoms with Crippen LogP contribution in [0.5, 0.6) is 0 Å². The predicted octanol–water partition coefficient (Wildman–Crippen LogP) is 9.85. The molecule has 3 heteroatoms. The lowest BCUT2D eigenvalue weighted by Gasteiger charge is -2.61. The van der Waals surface area contributed by atoms with Gasteiger partial charge in [0.2, 0.25) is 0 Å². The molecule has 0 aromatic heterocycles. The van der Waals surface area contributed by atoms with E-state index in [0.717, 1.165) is 43.4 Å². The number of carbonyl (C=O) groups is 2. The highest BCUT2D eigenvalue weighted by Crippen LogP contribution is 2.67. The third-order valence-electron chi connectivity index (χ3n) is 12.4. The minimum absolute atomic E-state index is 0.0536. The van der Waals surface area contributed by atoms with Gasteiger partial charge in [0.05, 0.1) is 0 Å². The first kappa shape index (κ1) is 30.1. The van der Waals surface area contributed by atoms with Gasteiger partial charge in [-0.2, -0.15) is 0 Å². The SMILES string of the molecule is CCCCCCCCCCCCCC(=O)O[C@@H]1CC[C@]2(C)C3CC[C@@]4(C)C(CC[C@@H]4C(C)=O)C3CC[C@H]2C1. The van der Waals surface area contributed by atoms with Crippen LogP contribution in [0.25, 0.3) is 0 Å². The van der Waals surface area contributed by atoms with Crippen molar-refractivity contribution in [1.29, 1.82) is 0 Å². The van der Waals surface area contributed by atoms with Crippen LogP contribution in [0.4, 0.5) is 0 Å². The maximum absolute atomic E-state index is 12.6. The van der Waals surface area contributed by atoms with Crippen LogP contribution in [0.15, 0.2) is 0 Å². The molecule has 0 amide bonds. The second kappa shape index (κ2) is 13.7. The molecule has 4 fully saturated rings. The van der Waals surface area contributed by atoms with Gasteiger partial charge >= 0.3 is 5.97 Å². The van der Waals surface area contributed by atoms with Crippen molar-refractivity contribution < 1.29 is 14.3 Å². The van der Waals surface area contributed by atoms with E-state index in [1.54, 1.807) is 0 Å². The number of ether oxygens (including phenoxy) is 1. The summed E-state index contributed by atoms with van der Waals surface area (Å²) in [5.41, 5.74) is 0.647. The first-order chi connectivity index (χ1) is 18.3. The first-order valence-electron chi connectivity index (χ1n) is 17.0. The van der Waals surface area contributed by atoms with Crippen molar-refractivity contribution >= 4 is 11.8 Å². The summed E-state index contributed by atoms with van der Waals surface area (Å²) in [6.07, 6.45) is 26.1. The summed E-state index contributed by atoms with van der Waals surface area (Å²) in [5.74, 6) is 3.84. The van der Waals surface area contributed by atoms with Crippen LogP contribution in [0, 0.1) is 40.4 Å². The number of hydrogen-bond acceptors (Lipinski definition) is 3. The number of rotatable bonds is 14. The molecule has 0 N–H and O–H groups in total. The van der Waals surface area contributed by atoms with Crippen molar-refractivity contribution in [3.8, 4) is 0 Å². The Bertz CT molecular complexity index is 775. The van der Waals surface area contributed by atoms with E-state index >= 15 is 0 Å². The van der Waals surface area contributed by atoms with E-state index < -0.39 is 0 Å². The van der Waals surface area contributed by atoms with E-state index in [-0.39, 0.29) is 17.5 Å². The lowest BCUT2D eigenvalue weighted by atomic mass is 9.44. The molecule has 3 unspecified atom stereocenters. The fraction of sp³-hybridized carbons (Fsp3) is 0.943. The molecule has 4 rings (SSSR count). The summed E-state index contributed by atoms with van der Waals surface area (Å²) in [5, 5.41) is 0. The number of fused-ring (bicyclic) bond motifs is 5. The minimum atomic E-state index is 0.0536. The molecule has 0 aromatic rings. The fourth-order valence-electron chi connectivity index (χ4n) is 10.2. The predicted molar refractivity (Wildman–Crippen MR) is 157 cm³/mol. The van der Waals surface area contributed by atoms with Crippen LogP contribution in [-0.2, 0) is 14.3 Å². The Morgan fingerprint density at radius 3 is 1.97 bits per heavy atom. The highest BCUT2D eigenvalue weighted by Gasteiger charge is 2.60. The van der Waals surface area contributed by atoms with Gasteiger partial charge in [-0.05, 0) is 106 Å². The lowest BCUT2D eigenvalue weighted by Crippen LogP contribution is -2.54. The summed E-state index contributed by atoms with van der Waals surface area (Å²) < 4.78 is 6.06. The number of esters is 1. The van der Waals surface area contributed by atoms with Crippen molar-refractivity contribution in [2.24, 2.45) is 40.4 Å². The van der Waals surface area contributed by atoms with Gasteiger partial charge in [-0.1, -0.05) is 85.0 Å². The Labute approximate surface area is 235 Å². The Hall–Kier alpha value is -0.860. The molecule has 38 heavy (non-hydrogen) atoms. The highest BCUT2D eigenvalue weighted by atomic mass is 16.5. The third-order valence-corrected chi connectivity index (χ3v) is 12.4. The quantitative estimate of drug-likeness (QED) is 0.166. The Morgan fingerprint density at radius 2 is 1.32 bits per heavy atom. The largest absolute Gasteiger partial charge is 0.462 e. The molecule has 0 aliphatic heterocycles. The summed E-state index contributed by atoms with van der Waals surface area (Å²) in [4.78, 5) is 25.0. The van der Waals surface area contributed by atoms with Crippen LogP contribution >= 0.6 is 0 Å². The average Bonchev–Trinajstić information content (AvgIpc) is 3.25. The average molecular weight is 529 g/mol. The number of unbranched alkanes of at least 4 members (excludes halogenated alkanes) is 10. The van der Waals surface area contributed by atoms with Crippen LogP contribution in [0.3, 0.4) is 0 Å². The molecule has 4 saturated carbocycles. The van der Waals surface area contributed by atoms with Crippen LogP contribution in [0.1, 0.15) is 163 Å².